The van der Waals surface area contributed by atoms with Crippen LogP contribution in [0.3, 0.4) is 0 Å². The van der Waals surface area contributed by atoms with Crippen LogP contribution in [0.2, 0.25) is 0 Å². The first-order valence-corrected chi connectivity index (χ1v) is 25.2. The van der Waals surface area contributed by atoms with Crippen molar-refractivity contribution in [1.82, 2.24) is 9.55 Å². The van der Waals surface area contributed by atoms with E-state index in [9.17, 15) is 0 Å². The largest absolute Gasteiger partial charge is 0.509 e. The fourth-order valence-electron chi connectivity index (χ4n) is 9.94. The Balaban J connectivity index is 0.00000676. The molecule has 0 amide bonds. The van der Waals surface area contributed by atoms with Gasteiger partial charge in [-0.1, -0.05) is 188 Å². The summed E-state index contributed by atoms with van der Waals surface area (Å²) in [5.41, 5.74) is 14.6. The molecule has 0 fully saturated rings. The van der Waals surface area contributed by atoms with Crippen LogP contribution in [0.15, 0.2) is 140 Å². The van der Waals surface area contributed by atoms with Crippen LogP contribution in [-0.2, 0) is 42.7 Å². The number of anilines is 2. The molecule has 6 heteroatoms. The summed E-state index contributed by atoms with van der Waals surface area (Å²) >= 11 is 0. The van der Waals surface area contributed by atoms with Gasteiger partial charge in [0.25, 0.3) is 0 Å². The van der Waals surface area contributed by atoms with E-state index in [4.69, 9.17) is 9.72 Å². The van der Waals surface area contributed by atoms with Crippen molar-refractivity contribution in [1.29, 1.82) is 0 Å². The molecule has 0 spiro atoms. The minimum Gasteiger partial charge on any atom is -0.509 e. The van der Waals surface area contributed by atoms with Gasteiger partial charge >= 0.3 is 0 Å². The second-order valence-corrected chi connectivity index (χ2v) is 23.6. The van der Waals surface area contributed by atoms with Crippen molar-refractivity contribution in [2.75, 3.05) is 9.80 Å². The Labute approximate surface area is 439 Å². The third-order valence-electron chi connectivity index (χ3n) is 14.2. The van der Waals surface area contributed by atoms with Gasteiger partial charge in [-0.25, -0.2) is 4.98 Å². The van der Waals surface area contributed by atoms with E-state index in [0.29, 0.717) is 23.3 Å². The summed E-state index contributed by atoms with van der Waals surface area (Å²) in [6, 6.07) is 51.9. The molecule has 6 aromatic carbocycles. The standard InChI is InChI=1S/C65H71N4O.Pt/c1-42(2)53-25-21-26-54(43(3)4)60(53)44-32-49(67-30-31-68(41-67)50-35-47(63(8,9)10)34-48(36-50)64(11,12)13)38-51(33-44)70-52-39-56(65(14,15)45-22-17-16-18-23-45)61-55-24-19-20-27-57(55)69(58(61)40-52)59-37-46(28-29-66-59)62(5,6)7;/h16-37,39,41-43H,1-15H3;/q-3;. The van der Waals surface area contributed by atoms with Crippen molar-refractivity contribution in [2.24, 2.45) is 0 Å². The zero-order chi connectivity index (χ0) is 50.1. The Kier molecular flexibility index (Phi) is 14.0. The SMILES string of the molecule is CC(C)c1cccc(C(C)C)c1-c1cc(Oc2[c-]c3c(c(C(C)(C)c4ccccc4)c2)c2ccccc2n3-c2cc(C(C)(C)C)ccn2)[c-]c(N2C=CN(c3cc(C(C)(C)C)cc(C(C)(C)C)c3)[CH-]2)c1.[Pt]. The summed E-state index contributed by atoms with van der Waals surface area (Å²) in [5.74, 6) is 2.68. The molecule has 9 rings (SSSR count). The van der Waals surface area contributed by atoms with E-state index in [1.54, 1.807) is 0 Å². The van der Waals surface area contributed by atoms with Gasteiger partial charge in [0.2, 0.25) is 0 Å². The Hall–Kier alpha value is -5.90. The van der Waals surface area contributed by atoms with Crippen molar-refractivity contribution in [2.45, 2.75) is 137 Å². The molecule has 0 atom stereocenters. The molecule has 3 heterocycles. The van der Waals surface area contributed by atoms with Crippen molar-refractivity contribution in [3.8, 4) is 28.4 Å². The molecule has 0 saturated carbocycles. The number of aromatic nitrogens is 2. The van der Waals surface area contributed by atoms with Gasteiger partial charge in [0, 0.05) is 50.0 Å². The number of benzene rings is 6. The van der Waals surface area contributed by atoms with Crippen molar-refractivity contribution in [3.05, 3.63) is 198 Å². The maximum Gasteiger partial charge on any atom is 0.135 e. The second-order valence-electron chi connectivity index (χ2n) is 23.6. The average molecular weight is 1120 g/mol. The van der Waals surface area contributed by atoms with Crippen LogP contribution >= 0.6 is 0 Å². The van der Waals surface area contributed by atoms with E-state index in [0.717, 1.165) is 50.1 Å². The molecule has 0 radical (unpaired) electrons. The molecule has 370 valence electrons. The van der Waals surface area contributed by atoms with Crippen LogP contribution in [0.1, 0.15) is 155 Å². The van der Waals surface area contributed by atoms with Crippen molar-refractivity contribution in [3.63, 3.8) is 0 Å². The first-order valence-electron chi connectivity index (χ1n) is 25.2. The molecule has 0 saturated heterocycles. The summed E-state index contributed by atoms with van der Waals surface area (Å²) in [7, 11) is 0. The van der Waals surface area contributed by atoms with Crippen LogP contribution in [0.4, 0.5) is 11.4 Å². The topological polar surface area (TPSA) is 33.5 Å². The predicted octanol–water partition coefficient (Wildman–Crippen LogP) is 17.6. The zero-order valence-corrected chi connectivity index (χ0v) is 46.8. The van der Waals surface area contributed by atoms with Gasteiger partial charge in [-0.15, -0.1) is 53.8 Å². The Morgan fingerprint density at radius 3 is 1.77 bits per heavy atom. The maximum absolute atomic E-state index is 7.28. The van der Waals surface area contributed by atoms with Gasteiger partial charge in [0.05, 0.1) is 0 Å². The Morgan fingerprint density at radius 2 is 1.15 bits per heavy atom. The zero-order valence-electron chi connectivity index (χ0n) is 44.5. The molecule has 0 unspecified atom stereocenters. The number of ether oxygens (including phenoxy) is 1. The first-order chi connectivity index (χ1) is 33.0. The minimum absolute atomic E-state index is 0. The minimum atomic E-state index is -0.419. The fourth-order valence-corrected chi connectivity index (χ4v) is 9.94. The van der Waals surface area contributed by atoms with Crippen molar-refractivity contribution < 1.29 is 25.8 Å². The molecule has 0 bridgehead atoms. The Bertz CT molecular complexity index is 3200. The van der Waals surface area contributed by atoms with Gasteiger partial charge in [-0.2, -0.15) is 0 Å². The van der Waals surface area contributed by atoms with E-state index in [1.165, 1.54) is 38.9 Å². The van der Waals surface area contributed by atoms with Gasteiger partial charge < -0.3 is 19.1 Å². The summed E-state index contributed by atoms with van der Waals surface area (Å²) in [5, 5.41) is 2.28. The number of hydrogen-bond donors (Lipinski definition) is 0. The summed E-state index contributed by atoms with van der Waals surface area (Å²) < 4.78 is 9.55. The number of nitrogens with zero attached hydrogens (tertiary/aromatic N) is 4. The van der Waals surface area contributed by atoms with Crippen LogP contribution in [-0.4, -0.2) is 9.55 Å². The summed E-state index contributed by atoms with van der Waals surface area (Å²) in [4.78, 5) is 9.45. The van der Waals surface area contributed by atoms with Crippen LogP contribution < -0.4 is 14.5 Å². The molecule has 5 nitrogen and oxygen atoms in total. The van der Waals surface area contributed by atoms with Gasteiger partial charge in [-0.3, -0.25) is 0 Å². The molecule has 1 aliphatic heterocycles. The smallest absolute Gasteiger partial charge is 0.135 e. The molecule has 2 aromatic heterocycles. The predicted molar refractivity (Wildman–Crippen MR) is 296 cm³/mol. The molecular formula is C65H71N4OPt-3. The summed E-state index contributed by atoms with van der Waals surface area (Å²) in [6.45, 7) is 36.4. The van der Waals surface area contributed by atoms with Crippen LogP contribution in [0.5, 0.6) is 11.5 Å². The quantitative estimate of drug-likeness (QED) is 0.128. The van der Waals surface area contributed by atoms with E-state index < -0.39 is 5.41 Å². The number of fused-ring (bicyclic) bond motifs is 3. The number of rotatable bonds is 10. The average Bonchev–Trinajstić information content (AvgIpc) is 3.94. The molecule has 1 aliphatic rings. The van der Waals surface area contributed by atoms with Gasteiger partial charge in [0.1, 0.15) is 5.82 Å². The van der Waals surface area contributed by atoms with E-state index >= 15 is 0 Å². The van der Waals surface area contributed by atoms with Gasteiger partial charge in [-0.05, 0) is 121 Å². The Morgan fingerprint density at radius 1 is 0.563 bits per heavy atom. The maximum atomic E-state index is 7.28. The van der Waals surface area contributed by atoms with Gasteiger partial charge in [0.15, 0.2) is 0 Å². The molecule has 0 N–H and O–H groups in total. The molecule has 71 heavy (non-hydrogen) atoms. The third kappa shape index (κ3) is 10.1. The second kappa shape index (κ2) is 19.3. The monoisotopic (exact) mass is 1120 g/mol. The summed E-state index contributed by atoms with van der Waals surface area (Å²) in [6.07, 6.45) is 6.22. The third-order valence-corrected chi connectivity index (χ3v) is 14.2. The van der Waals surface area contributed by atoms with E-state index in [2.05, 4.69) is 271 Å². The number of pyridine rings is 1. The van der Waals surface area contributed by atoms with Crippen molar-refractivity contribution >= 4 is 33.2 Å². The fraction of sp³-hybridized carbons (Fsp3) is 0.323. The number of hydrogen-bond acceptors (Lipinski definition) is 4. The first kappa shape index (κ1) is 51.5. The normalized spacial score (nSPS) is 13.5. The van der Waals surface area contributed by atoms with Crippen LogP contribution in [0, 0.1) is 18.8 Å². The number of para-hydroxylation sites is 1. The van der Waals surface area contributed by atoms with E-state index in [-0.39, 0.29) is 37.3 Å². The van der Waals surface area contributed by atoms with E-state index in [1.807, 2.05) is 6.20 Å². The molecule has 8 aromatic rings. The molecular weight excluding hydrogens is 1050 g/mol. The molecule has 0 aliphatic carbocycles. The van der Waals surface area contributed by atoms with Crippen LogP contribution in [0.25, 0.3) is 38.8 Å².